The highest BCUT2D eigenvalue weighted by Gasteiger charge is 2.40. The summed E-state index contributed by atoms with van der Waals surface area (Å²) >= 11 is 0. The van der Waals surface area contributed by atoms with Gasteiger partial charge in [0.2, 0.25) is 0 Å². The second-order valence-electron chi connectivity index (χ2n) is 7.09. The van der Waals surface area contributed by atoms with Gasteiger partial charge in [0.05, 0.1) is 12.0 Å². The Balaban J connectivity index is 2.04. The topological polar surface area (TPSA) is 27.0 Å². The molecule has 2 saturated carbocycles. The van der Waals surface area contributed by atoms with E-state index in [1.807, 2.05) is 0 Å². The molecule has 0 aromatic heterocycles. The molecule has 19 heavy (non-hydrogen) atoms. The Labute approximate surface area is 119 Å². The van der Waals surface area contributed by atoms with Crippen molar-refractivity contribution in [2.75, 3.05) is 6.54 Å². The van der Waals surface area contributed by atoms with Gasteiger partial charge in [0, 0.05) is 18.6 Å². The molecule has 2 aliphatic carbocycles. The summed E-state index contributed by atoms with van der Waals surface area (Å²) in [5, 5.41) is 9.49. The van der Waals surface area contributed by atoms with Gasteiger partial charge >= 0.3 is 0 Å². The van der Waals surface area contributed by atoms with E-state index in [2.05, 4.69) is 31.7 Å². The van der Waals surface area contributed by atoms with E-state index in [9.17, 15) is 5.26 Å². The minimum atomic E-state index is 0.285. The minimum absolute atomic E-state index is 0.285. The highest BCUT2D eigenvalue weighted by molar-refractivity contribution is 5.01. The summed E-state index contributed by atoms with van der Waals surface area (Å²) < 4.78 is 0. The third-order valence-corrected chi connectivity index (χ3v) is 4.81. The second kappa shape index (κ2) is 6.75. The molecule has 0 aliphatic heterocycles. The summed E-state index contributed by atoms with van der Waals surface area (Å²) in [5.41, 5.74) is 0. The van der Waals surface area contributed by atoms with E-state index in [1.54, 1.807) is 0 Å². The van der Waals surface area contributed by atoms with Crippen molar-refractivity contribution in [1.29, 1.82) is 5.26 Å². The van der Waals surface area contributed by atoms with Crippen LogP contribution in [0.5, 0.6) is 0 Å². The van der Waals surface area contributed by atoms with Crippen LogP contribution in [0.2, 0.25) is 0 Å². The van der Waals surface area contributed by atoms with Crippen molar-refractivity contribution in [1.82, 2.24) is 4.90 Å². The van der Waals surface area contributed by atoms with Crippen molar-refractivity contribution in [3.05, 3.63) is 0 Å². The molecule has 2 fully saturated rings. The molecule has 0 heterocycles. The molecule has 2 aliphatic rings. The molecule has 0 N–H and O–H groups in total. The smallest absolute Gasteiger partial charge is 0.0672 e. The quantitative estimate of drug-likeness (QED) is 0.717. The molecule has 2 heteroatoms. The lowest BCUT2D eigenvalue weighted by Gasteiger charge is -2.41. The number of hydrogen-bond donors (Lipinski definition) is 0. The average Bonchev–Trinajstić information content (AvgIpc) is 3.20. The van der Waals surface area contributed by atoms with Gasteiger partial charge in [-0.2, -0.15) is 5.26 Å². The van der Waals surface area contributed by atoms with Crippen molar-refractivity contribution < 1.29 is 0 Å². The summed E-state index contributed by atoms with van der Waals surface area (Å²) in [4.78, 5) is 2.71. The molecule has 3 unspecified atom stereocenters. The van der Waals surface area contributed by atoms with Crippen LogP contribution in [-0.4, -0.2) is 23.5 Å². The van der Waals surface area contributed by atoms with Crippen molar-refractivity contribution in [3.63, 3.8) is 0 Å². The lowest BCUT2D eigenvalue weighted by Crippen LogP contribution is -2.46. The lowest BCUT2D eigenvalue weighted by molar-refractivity contribution is 0.0802. The Morgan fingerprint density at radius 1 is 1.21 bits per heavy atom. The molecule has 0 spiro atoms. The van der Waals surface area contributed by atoms with E-state index in [4.69, 9.17) is 0 Å². The SMILES string of the molecule is CCCC1CCC(C#N)C(N(CC(C)C)C2CC2)C1. The van der Waals surface area contributed by atoms with Crippen LogP contribution in [-0.2, 0) is 0 Å². The van der Waals surface area contributed by atoms with Gasteiger partial charge in [0.25, 0.3) is 0 Å². The van der Waals surface area contributed by atoms with E-state index in [-0.39, 0.29) is 5.92 Å². The number of nitrogens with zero attached hydrogens (tertiary/aromatic N) is 2. The fraction of sp³-hybridized carbons (Fsp3) is 0.941. The van der Waals surface area contributed by atoms with Crippen LogP contribution < -0.4 is 0 Å². The molecule has 0 radical (unpaired) electrons. The number of hydrogen-bond acceptors (Lipinski definition) is 2. The number of rotatable bonds is 6. The fourth-order valence-corrected chi connectivity index (χ4v) is 3.80. The van der Waals surface area contributed by atoms with Crippen LogP contribution in [0.1, 0.15) is 65.7 Å². The molecule has 0 bridgehead atoms. The zero-order valence-corrected chi connectivity index (χ0v) is 12.9. The normalized spacial score (nSPS) is 31.7. The third kappa shape index (κ3) is 3.96. The predicted octanol–water partition coefficient (Wildman–Crippen LogP) is 4.22. The summed E-state index contributed by atoms with van der Waals surface area (Å²) in [7, 11) is 0. The van der Waals surface area contributed by atoms with Crippen LogP contribution in [0, 0.1) is 29.1 Å². The first kappa shape index (κ1) is 14.9. The van der Waals surface area contributed by atoms with Gasteiger partial charge in [-0.3, -0.25) is 4.90 Å². The third-order valence-electron chi connectivity index (χ3n) is 4.81. The average molecular weight is 262 g/mol. The van der Waals surface area contributed by atoms with Gasteiger partial charge in [-0.1, -0.05) is 33.6 Å². The van der Waals surface area contributed by atoms with Crippen molar-refractivity contribution in [2.45, 2.75) is 77.8 Å². The van der Waals surface area contributed by atoms with Gasteiger partial charge in [0.1, 0.15) is 0 Å². The largest absolute Gasteiger partial charge is 0.296 e. The maximum absolute atomic E-state index is 9.49. The van der Waals surface area contributed by atoms with E-state index in [0.29, 0.717) is 12.0 Å². The van der Waals surface area contributed by atoms with Crippen molar-refractivity contribution >= 4 is 0 Å². The minimum Gasteiger partial charge on any atom is -0.296 e. The molecule has 2 nitrogen and oxygen atoms in total. The Hall–Kier alpha value is -0.550. The standard InChI is InChI=1S/C17H30N2/c1-4-5-14-6-7-15(11-18)17(10-14)19(12-13(2)3)16-8-9-16/h13-17H,4-10,12H2,1-3H3. The Bertz CT molecular complexity index is 314. The van der Waals surface area contributed by atoms with Gasteiger partial charge in [0.15, 0.2) is 0 Å². The predicted molar refractivity (Wildman–Crippen MR) is 79.7 cm³/mol. The first-order chi connectivity index (χ1) is 9.15. The van der Waals surface area contributed by atoms with E-state index < -0.39 is 0 Å². The summed E-state index contributed by atoms with van der Waals surface area (Å²) in [5.74, 6) is 1.87. The molecule has 108 valence electrons. The zero-order chi connectivity index (χ0) is 13.8. The van der Waals surface area contributed by atoms with Gasteiger partial charge < -0.3 is 0 Å². The van der Waals surface area contributed by atoms with Crippen LogP contribution in [0.25, 0.3) is 0 Å². The highest BCUT2D eigenvalue weighted by atomic mass is 15.2. The van der Waals surface area contributed by atoms with Crippen molar-refractivity contribution in [3.8, 4) is 6.07 Å². The molecule has 3 atom stereocenters. The van der Waals surface area contributed by atoms with Crippen LogP contribution in [0.15, 0.2) is 0 Å². The molecule has 0 amide bonds. The summed E-state index contributed by atoms with van der Waals surface area (Å²) in [6.07, 6.45) is 9.06. The molecular formula is C17H30N2. The maximum Gasteiger partial charge on any atom is 0.0672 e. The molecule has 2 rings (SSSR count). The Morgan fingerprint density at radius 3 is 2.47 bits per heavy atom. The summed E-state index contributed by atoms with van der Waals surface area (Å²) in [6.45, 7) is 8.09. The van der Waals surface area contributed by atoms with E-state index in [0.717, 1.165) is 18.4 Å². The maximum atomic E-state index is 9.49. The highest BCUT2D eigenvalue weighted by Crippen LogP contribution is 2.39. The summed E-state index contributed by atoms with van der Waals surface area (Å²) in [6, 6.07) is 3.95. The first-order valence-corrected chi connectivity index (χ1v) is 8.31. The second-order valence-corrected chi connectivity index (χ2v) is 7.09. The van der Waals surface area contributed by atoms with Crippen LogP contribution in [0.4, 0.5) is 0 Å². The van der Waals surface area contributed by atoms with E-state index in [1.165, 1.54) is 45.1 Å². The zero-order valence-electron chi connectivity index (χ0n) is 12.9. The van der Waals surface area contributed by atoms with Crippen molar-refractivity contribution in [2.24, 2.45) is 17.8 Å². The van der Waals surface area contributed by atoms with Gasteiger partial charge in [-0.25, -0.2) is 0 Å². The Morgan fingerprint density at radius 2 is 1.95 bits per heavy atom. The lowest BCUT2D eigenvalue weighted by atomic mass is 9.76. The fourth-order valence-electron chi connectivity index (χ4n) is 3.80. The molecule has 0 saturated heterocycles. The van der Waals surface area contributed by atoms with Crippen LogP contribution in [0.3, 0.4) is 0 Å². The van der Waals surface area contributed by atoms with Crippen LogP contribution >= 0.6 is 0 Å². The molecule has 0 aromatic rings. The first-order valence-electron chi connectivity index (χ1n) is 8.31. The monoisotopic (exact) mass is 262 g/mol. The van der Waals surface area contributed by atoms with Gasteiger partial charge in [-0.15, -0.1) is 0 Å². The molecular weight excluding hydrogens is 232 g/mol. The van der Waals surface area contributed by atoms with Gasteiger partial charge in [-0.05, 0) is 43.9 Å². The molecule has 0 aromatic carbocycles. The Kier molecular flexibility index (Phi) is 5.28. The number of nitriles is 1. The van der Waals surface area contributed by atoms with E-state index >= 15 is 0 Å².